The molecule has 1 heterocycles. The quantitative estimate of drug-likeness (QED) is 0.569. The molecule has 2 N–H and O–H groups in total. The largest absolute Gasteiger partial charge is 0.487 e. The summed E-state index contributed by atoms with van der Waals surface area (Å²) in [7, 11) is 1.66. The molecule has 3 aromatic rings. The van der Waals surface area contributed by atoms with E-state index < -0.39 is 0 Å². The van der Waals surface area contributed by atoms with Crippen molar-refractivity contribution in [2.24, 2.45) is 7.05 Å². The van der Waals surface area contributed by atoms with E-state index in [4.69, 9.17) is 16.3 Å². The minimum Gasteiger partial charge on any atom is -0.487 e. The molecule has 2 aromatic carbocycles. The van der Waals surface area contributed by atoms with Gasteiger partial charge in [0.05, 0.1) is 16.9 Å². The zero-order chi connectivity index (χ0) is 21.5. The molecule has 3 rings (SSSR count). The Morgan fingerprint density at radius 2 is 1.93 bits per heavy atom. The summed E-state index contributed by atoms with van der Waals surface area (Å²) in [6.45, 7) is 2.78. The van der Waals surface area contributed by atoms with E-state index in [1.807, 2.05) is 25.1 Å². The van der Waals surface area contributed by atoms with Crippen LogP contribution in [0.5, 0.6) is 5.75 Å². The van der Waals surface area contributed by atoms with Crippen molar-refractivity contribution in [3.63, 3.8) is 0 Å². The lowest BCUT2D eigenvalue weighted by atomic mass is 10.1. The molecule has 156 valence electrons. The fourth-order valence-electron chi connectivity index (χ4n) is 2.84. The predicted octanol–water partition coefficient (Wildman–Crippen LogP) is 4.04. The van der Waals surface area contributed by atoms with Crippen molar-refractivity contribution in [1.29, 1.82) is 0 Å². The highest BCUT2D eigenvalue weighted by atomic mass is 35.5. The minimum absolute atomic E-state index is 0.266. The fraction of sp³-hybridized carbons (Fsp3) is 0.227. The van der Waals surface area contributed by atoms with E-state index >= 15 is 0 Å². The molecule has 0 bridgehead atoms. The summed E-state index contributed by atoms with van der Waals surface area (Å²) in [5.41, 5.74) is 1.91. The lowest BCUT2D eigenvalue weighted by molar-refractivity contribution is 0.0945. The van der Waals surface area contributed by atoms with Crippen molar-refractivity contribution in [2.45, 2.75) is 20.0 Å². The van der Waals surface area contributed by atoms with Gasteiger partial charge in [-0.25, -0.2) is 0 Å². The number of halogens is 1. The maximum Gasteiger partial charge on any atom is 0.271 e. The van der Waals surface area contributed by atoms with E-state index in [-0.39, 0.29) is 18.4 Å². The van der Waals surface area contributed by atoms with Gasteiger partial charge in [-0.2, -0.15) is 5.10 Å². The zero-order valence-corrected chi connectivity index (χ0v) is 17.6. The molecule has 0 fully saturated rings. The molecular formula is C22H23ClN4O3. The Kier molecular flexibility index (Phi) is 7.08. The summed E-state index contributed by atoms with van der Waals surface area (Å²) >= 11 is 6.11. The van der Waals surface area contributed by atoms with E-state index in [1.165, 1.54) is 10.9 Å². The maximum absolute atomic E-state index is 12.8. The maximum atomic E-state index is 12.8. The second-order valence-electron chi connectivity index (χ2n) is 6.66. The molecule has 0 aliphatic rings. The third kappa shape index (κ3) is 5.18. The van der Waals surface area contributed by atoms with Gasteiger partial charge in [-0.1, -0.05) is 42.8 Å². The highest BCUT2D eigenvalue weighted by Crippen LogP contribution is 2.24. The molecule has 0 aliphatic heterocycles. The first-order chi connectivity index (χ1) is 14.5. The number of hydrogen-bond acceptors (Lipinski definition) is 4. The number of amides is 2. The normalized spacial score (nSPS) is 10.5. The van der Waals surface area contributed by atoms with Gasteiger partial charge in [0, 0.05) is 19.2 Å². The van der Waals surface area contributed by atoms with Gasteiger partial charge >= 0.3 is 0 Å². The van der Waals surface area contributed by atoms with E-state index in [9.17, 15) is 9.59 Å². The van der Waals surface area contributed by atoms with Gasteiger partial charge in [0.1, 0.15) is 18.1 Å². The van der Waals surface area contributed by atoms with Crippen LogP contribution in [0.2, 0.25) is 5.02 Å². The van der Waals surface area contributed by atoms with Crippen LogP contribution in [0.1, 0.15) is 39.8 Å². The lowest BCUT2D eigenvalue weighted by Gasteiger charge is -2.10. The standard InChI is InChI=1S/C22H23ClN4O3/c1-3-11-24-22(29)20-18(13-25-27(20)2)26-21(28)16-8-6-7-15(12-16)14-30-19-10-5-4-9-17(19)23/h4-10,12-13H,3,11,14H2,1-2H3,(H,24,29)(H,26,28). The summed E-state index contributed by atoms with van der Waals surface area (Å²) < 4.78 is 7.18. The molecule has 0 aliphatic carbocycles. The number of hydrogen-bond donors (Lipinski definition) is 2. The van der Waals surface area contributed by atoms with E-state index in [0.717, 1.165) is 12.0 Å². The molecule has 0 atom stereocenters. The lowest BCUT2D eigenvalue weighted by Crippen LogP contribution is -2.27. The molecule has 7 nitrogen and oxygen atoms in total. The SMILES string of the molecule is CCCNC(=O)c1c(NC(=O)c2cccc(COc3ccccc3Cl)c2)cnn1C. The van der Waals surface area contributed by atoms with Crippen LogP contribution in [0.3, 0.4) is 0 Å². The molecule has 0 radical (unpaired) electrons. The molecule has 0 unspecified atom stereocenters. The van der Waals surface area contributed by atoms with Crippen molar-refractivity contribution in [3.05, 3.63) is 76.6 Å². The number of aromatic nitrogens is 2. The van der Waals surface area contributed by atoms with E-state index in [0.29, 0.717) is 34.3 Å². The topological polar surface area (TPSA) is 85.2 Å². The van der Waals surface area contributed by atoms with Crippen LogP contribution >= 0.6 is 11.6 Å². The smallest absolute Gasteiger partial charge is 0.271 e. The zero-order valence-electron chi connectivity index (χ0n) is 16.8. The summed E-state index contributed by atoms with van der Waals surface area (Å²) in [6.07, 6.45) is 2.28. The van der Waals surface area contributed by atoms with Crippen molar-refractivity contribution in [1.82, 2.24) is 15.1 Å². The average Bonchev–Trinajstić information content (AvgIpc) is 3.11. The Hall–Kier alpha value is -3.32. The summed E-state index contributed by atoms with van der Waals surface area (Å²) in [6, 6.07) is 14.3. The Morgan fingerprint density at radius 1 is 1.13 bits per heavy atom. The number of ether oxygens (including phenoxy) is 1. The molecule has 8 heteroatoms. The Morgan fingerprint density at radius 3 is 2.70 bits per heavy atom. The van der Waals surface area contributed by atoms with Gasteiger partial charge in [-0.05, 0) is 36.2 Å². The first-order valence-corrected chi connectivity index (χ1v) is 9.95. The predicted molar refractivity (Wildman–Crippen MR) is 116 cm³/mol. The number of nitrogens with one attached hydrogen (secondary N) is 2. The second kappa shape index (κ2) is 9.93. The monoisotopic (exact) mass is 426 g/mol. The van der Waals surface area contributed by atoms with Crippen LogP contribution in [0.25, 0.3) is 0 Å². The highest BCUT2D eigenvalue weighted by molar-refractivity contribution is 6.32. The number of para-hydroxylation sites is 1. The van der Waals surface area contributed by atoms with Crippen molar-refractivity contribution >= 4 is 29.1 Å². The van der Waals surface area contributed by atoms with Crippen LogP contribution in [-0.2, 0) is 13.7 Å². The van der Waals surface area contributed by atoms with Crippen molar-refractivity contribution < 1.29 is 14.3 Å². The summed E-state index contributed by atoms with van der Waals surface area (Å²) in [5, 5.41) is 10.2. The number of aryl methyl sites for hydroxylation is 1. The second-order valence-corrected chi connectivity index (χ2v) is 7.07. The molecular weight excluding hydrogens is 404 g/mol. The van der Waals surface area contributed by atoms with Crippen molar-refractivity contribution in [3.8, 4) is 5.75 Å². The number of carbonyl (C=O) groups excluding carboxylic acids is 2. The van der Waals surface area contributed by atoms with Gasteiger partial charge in [-0.15, -0.1) is 0 Å². The summed E-state index contributed by atoms with van der Waals surface area (Å²) in [4.78, 5) is 25.1. The average molecular weight is 427 g/mol. The number of benzene rings is 2. The van der Waals surface area contributed by atoms with Gasteiger partial charge in [0.25, 0.3) is 11.8 Å². The number of carbonyl (C=O) groups is 2. The molecule has 30 heavy (non-hydrogen) atoms. The van der Waals surface area contributed by atoms with Gasteiger partial charge in [-0.3, -0.25) is 14.3 Å². The first kappa shape index (κ1) is 21.4. The van der Waals surface area contributed by atoms with Crippen LogP contribution in [-0.4, -0.2) is 28.1 Å². The van der Waals surface area contributed by atoms with Gasteiger partial charge < -0.3 is 15.4 Å². The molecule has 0 saturated heterocycles. The van der Waals surface area contributed by atoms with Crippen LogP contribution in [0, 0.1) is 0 Å². The number of nitrogens with zero attached hydrogens (tertiary/aromatic N) is 2. The third-order valence-corrected chi connectivity index (χ3v) is 4.67. The van der Waals surface area contributed by atoms with Crippen molar-refractivity contribution in [2.75, 3.05) is 11.9 Å². The highest BCUT2D eigenvalue weighted by Gasteiger charge is 2.19. The van der Waals surface area contributed by atoms with Crippen LogP contribution in [0.15, 0.2) is 54.7 Å². The number of anilines is 1. The molecule has 0 saturated carbocycles. The van der Waals surface area contributed by atoms with E-state index in [1.54, 1.807) is 37.4 Å². The third-order valence-electron chi connectivity index (χ3n) is 4.36. The fourth-order valence-corrected chi connectivity index (χ4v) is 3.03. The summed E-state index contributed by atoms with van der Waals surface area (Å²) in [5.74, 6) is -0.0479. The Balaban J connectivity index is 1.70. The molecule has 1 aromatic heterocycles. The number of rotatable bonds is 8. The Labute approximate surface area is 180 Å². The van der Waals surface area contributed by atoms with Crippen LogP contribution in [0.4, 0.5) is 5.69 Å². The van der Waals surface area contributed by atoms with Crippen LogP contribution < -0.4 is 15.4 Å². The van der Waals surface area contributed by atoms with Gasteiger partial charge in [0.2, 0.25) is 0 Å². The van der Waals surface area contributed by atoms with E-state index in [2.05, 4.69) is 15.7 Å². The molecule has 2 amide bonds. The molecule has 0 spiro atoms. The Bertz CT molecular complexity index is 1050. The van der Waals surface area contributed by atoms with Gasteiger partial charge in [0.15, 0.2) is 0 Å². The minimum atomic E-state index is -0.341. The first-order valence-electron chi connectivity index (χ1n) is 9.57.